The van der Waals surface area contributed by atoms with Gasteiger partial charge in [0.2, 0.25) is 0 Å². The van der Waals surface area contributed by atoms with E-state index in [2.05, 4.69) is 19.2 Å². The largest absolute Gasteiger partial charge is 0.497 e. The monoisotopic (exact) mass is 297 g/mol. The summed E-state index contributed by atoms with van der Waals surface area (Å²) < 4.78 is 11.1. The predicted octanol–water partition coefficient (Wildman–Crippen LogP) is 3.96. The molecule has 0 bridgehead atoms. The summed E-state index contributed by atoms with van der Waals surface area (Å²) in [6.07, 6.45) is 0. The van der Waals surface area contributed by atoms with E-state index in [4.69, 9.17) is 21.1 Å². The highest BCUT2D eigenvalue weighted by Gasteiger charge is 2.06. The van der Waals surface area contributed by atoms with Gasteiger partial charge in [0.1, 0.15) is 18.1 Å². The molecule has 0 atom stereocenters. The minimum absolute atomic E-state index is 0.493. The maximum Gasteiger partial charge on any atom is 0.124 e. The zero-order valence-electron chi connectivity index (χ0n) is 12.7. The fourth-order valence-corrected chi connectivity index (χ4v) is 1.74. The fourth-order valence-electron chi connectivity index (χ4n) is 1.68. The number of halogens is 1. The molecule has 1 rings (SSSR count). The summed E-state index contributed by atoms with van der Waals surface area (Å²) in [5.41, 5.74) is 3.62. The number of benzene rings is 1. The smallest absolute Gasteiger partial charge is 0.124 e. The molecule has 112 valence electrons. The van der Waals surface area contributed by atoms with Crippen molar-refractivity contribution in [3.63, 3.8) is 0 Å². The predicted molar refractivity (Wildman–Crippen MR) is 84.6 cm³/mol. The van der Waals surface area contributed by atoms with Crippen LogP contribution in [-0.4, -0.2) is 20.3 Å². The second-order valence-electron chi connectivity index (χ2n) is 5.24. The molecule has 1 N–H and O–H groups in total. The summed E-state index contributed by atoms with van der Waals surface area (Å²) in [4.78, 5) is 0. The Labute approximate surface area is 126 Å². The van der Waals surface area contributed by atoms with Gasteiger partial charge in [-0.15, -0.1) is 0 Å². The van der Waals surface area contributed by atoms with Crippen LogP contribution in [0.3, 0.4) is 0 Å². The first-order valence-electron chi connectivity index (χ1n) is 6.83. The van der Waals surface area contributed by atoms with Crippen molar-refractivity contribution in [2.45, 2.75) is 27.3 Å². The quantitative estimate of drug-likeness (QED) is 0.788. The van der Waals surface area contributed by atoms with Crippen LogP contribution < -0.4 is 14.8 Å². The maximum atomic E-state index is 5.80. The molecule has 0 aliphatic carbocycles. The molecule has 0 aliphatic heterocycles. The van der Waals surface area contributed by atoms with E-state index in [0.717, 1.165) is 35.7 Å². The SMILES string of the molecule is COc1ccc(OC/C(C)=C/Cl)c(CNCC(C)C)c1. The summed E-state index contributed by atoms with van der Waals surface area (Å²) in [5.74, 6) is 2.31. The van der Waals surface area contributed by atoms with E-state index in [-0.39, 0.29) is 0 Å². The van der Waals surface area contributed by atoms with Gasteiger partial charge in [-0.3, -0.25) is 0 Å². The second-order valence-corrected chi connectivity index (χ2v) is 5.46. The second kappa shape index (κ2) is 8.88. The van der Waals surface area contributed by atoms with Gasteiger partial charge >= 0.3 is 0 Å². The van der Waals surface area contributed by atoms with Crippen molar-refractivity contribution in [3.8, 4) is 11.5 Å². The average molecular weight is 298 g/mol. The minimum atomic E-state index is 0.493. The van der Waals surface area contributed by atoms with Crippen LogP contribution in [0, 0.1) is 5.92 Å². The van der Waals surface area contributed by atoms with Crippen LogP contribution in [0.1, 0.15) is 26.3 Å². The van der Waals surface area contributed by atoms with E-state index >= 15 is 0 Å². The molecular formula is C16H24ClNO2. The Hall–Kier alpha value is -1.19. The molecule has 20 heavy (non-hydrogen) atoms. The Morgan fingerprint density at radius 1 is 1.40 bits per heavy atom. The van der Waals surface area contributed by atoms with Crippen molar-refractivity contribution in [1.29, 1.82) is 0 Å². The molecule has 0 spiro atoms. The standard InChI is InChI=1S/C16H24ClNO2/c1-12(2)9-18-10-14-7-15(19-4)5-6-16(14)20-11-13(3)8-17/h5-8,12,18H,9-11H2,1-4H3/b13-8+. The number of nitrogens with one attached hydrogen (secondary N) is 1. The number of methoxy groups -OCH3 is 1. The number of hydrogen-bond acceptors (Lipinski definition) is 3. The third kappa shape index (κ3) is 5.85. The van der Waals surface area contributed by atoms with Crippen molar-refractivity contribution in [1.82, 2.24) is 5.32 Å². The molecule has 0 amide bonds. The first-order chi connectivity index (χ1) is 9.56. The van der Waals surface area contributed by atoms with Gasteiger partial charge in [-0.25, -0.2) is 0 Å². The Morgan fingerprint density at radius 3 is 2.75 bits per heavy atom. The van der Waals surface area contributed by atoms with E-state index in [9.17, 15) is 0 Å². The molecule has 0 aliphatic rings. The van der Waals surface area contributed by atoms with Crippen molar-refractivity contribution < 1.29 is 9.47 Å². The number of ether oxygens (including phenoxy) is 2. The van der Waals surface area contributed by atoms with Gasteiger partial charge < -0.3 is 14.8 Å². The third-order valence-electron chi connectivity index (χ3n) is 2.78. The van der Waals surface area contributed by atoms with E-state index in [1.54, 1.807) is 12.6 Å². The van der Waals surface area contributed by atoms with Crippen molar-refractivity contribution in [2.75, 3.05) is 20.3 Å². The van der Waals surface area contributed by atoms with E-state index < -0.39 is 0 Å². The van der Waals surface area contributed by atoms with Gasteiger partial charge in [0, 0.05) is 17.6 Å². The average Bonchev–Trinajstić information content (AvgIpc) is 2.44. The van der Waals surface area contributed by atoms with Gasteiger partial charge in [-0.2, -0.15) is 0 Å². The lowest BCUT2D eigenvalue weighted by Crippen LogP contribution is -2.19. The molecule has 0 heterocycles. The van der Waals surface area contributed by atoms with Crippen LogP contribution >= 0.6 is 11.6 Å². The zero-order valence-corrected chi connectivity index (χ0v) is 13.5. The molecule has 0 aromatic heterocycles. The number of hydrogen-bond donors (Lipinski definition) is 1. The molecule has 0 saturated carbocycles. The Morgan fingerprint density at radius 2 is 2.15 bits per heavy atom. The summed E-state index contributed by atoms with van der Waals surface area (Å²) in [6.45, 7) is 8.53. The van der Waals surface area contributed by atoms with Crippen molar-refractivity contribution in [2.24, 2.45) is 5.92 Å². The van der Waals surface area contributed by atoms with Crippen molar-refractivity contribution in [3.05, 3.63) is 34.9 Å². The molecule has 4 heteroatoms. The van der Waals surface area contributed by atoms with Gasteiger partial charge in [-0.05, 0) is 43.2 Å². The molecule has 1 aromatic rings. The van der Waals surface area contributed by atoms with Crippen LogP contribution in [0.2, 0.25) is 0 Å². The molecule has 0 unspecified atom stereocenters. The number of rotatable bonds is 8. The third-order valence-corrected chi connectivity index (χ3v) is 3.15. The Kier molecular flexibility index (Phi) is 7.48. The highest BCUT2D eigenvalue weighted by molar-refractivity contribution is 6.25. The Bertz CT molecular complexity index is 444. The van der Waals surface area contributed by atoms with Crippen LogP contribution in [0.5, 0.6) is 11.5 Å². The molecular weight excluding hydrogens is 274 g/mol. The zero-order chi connectivity index (χ0) is 15.0. The first-order valence-corrected chi connectivity index (χ1v) is 7.26. The highest BCUT2D eigenvalue weighted by atomic mass is 35.5. The van der Waals surface area contributed by atoms with Crippen LogP contribution in [-0.2, 0) is 6.54 Å². The van der Waals surface area contributed by atoms with Gasteiger partial charge in [-0.1, -0.05) is 25.4 Å². The summed E-state index contributed by atoms with van der Waals surface area (Å²) in [7, 11) is 1.67. The van der Waals surface area contributed by atoms with E-state index in [1.807, 2.05) is 25.1 Å². The maximum absolute atomic E-state index is 5.80. The lowest BCUT2D eigenvalue weighted by Gasteiger charge is -2.14. The van der Waals surface area contributed by atoms with Crippen LogP contribution in [0.15, 0.2) is 29.3 Å². The van der Waals surface area contributed by atoms with E-state index in [0.29, 0.717) is 12.5 Å². The normalized spacial score (nSPS) is 11.8. The highest BCUT2D eigenvalue weighted by Crippen LogP contribution is 2.24. The van der Waals surface area contributed by atoms with Gasteiger partial charge in [0.25, 0.3) is 0 Å². The molecule has 0 saturated heterocycles. The van der Waals surface area contributed by atoms with E-state index in [1.165, 1.54) is 0 Å². The summed E-state index contributed by atoms with van der Waals surface area (Å²) in [5, 5.41) is 3.42. The fraction of sp³-hybridized carbons (Fsp3) is 0.500. The molecule has 1 aromatic carbocycles. The molecule has 0 radical (unpaired) electrons. The topological polar surface area (TPSA) is 30.5 Å². The first kappa shape index (κ1) is 16.9. The molecule has 3 nitrogen and oxygen atoms in total. The van der Waals surface area contributed by atoms with Crippen LogP contribution in [0.4, 0.5) is 0 Å². The van der Waals surface area contributed by atoms with Crippen molar-refractivity contribution >= 4 is 11.6 Å². The molecule has 0 fully saturated rings. The minimum Gasteiger partial charge on any atom is -0.497 e. The summed E-state index contributed by atoms with van der Waals surface area (Å²) >= 11 is 5.65. The Balaban J connectivity index is 2.75. The van der Waals surface area contributed by atoms with Gasteiger partial charge in [0.15, 0.2) is 0 Å². The van der Waals surface area contributed by atoms with Crippen LogP contribution in [0.25, 0.3) is 0 Å². The summed E-state index contributed by atoms with van der Waals surface area (Å²) in [6, 6.07) is 5.84. The van der Waals surface area contributed by atoms with Gasteiger partial charge in [0.05, 0.1) is 7.11 Å². The lowest BCUT2D eigenvalue weighted by molar-refractivity contribution is 0.345. The lowest BCUT2D eigenvalue weighted by atomic mass is 10.1.